The summed E-state index contributed by atoms with van der Waals surface area (Å²) in [6.45, 7) is 11.3. The summed E-state index contributed by atoms with van der Waals surface area (Å²) in [7, 11) is 0. The van der Waals surface area contributed by atoms with Crippen LogP contribution in [0, 0.1) is 23.6 Å². The molecule has 0 amide bonds. The first-order valence-corrected chi connectivity index (χ1v) is 9.59. The van der Waals surface area contributed by atoms with Gasteiger partial charge in [0.25, 0.3) is 0 Å². The van der Waals surface area contributed by atoms with Crippen molar-refractivity contribution in [3.05, 3.63) is 65.7 Å². The standard InChI is InChI=1S/C23H32FNO/c1-16(2)23(17(3)4,21-7-6-12-25-14-21)13-20(15-26)18(5)19-8-10-22(24)11-9-19/h6-12,14,16-18,20,26H,13,15H2,1-5H3. The Morgan fingerprint density at radius 1 is 1.00 bits per heavy atom. The molecule has 1 heterocycles. The van der Waals surface area contributed by atoms with E-state index >= 15 is 0 Å². The molecule has 2 aromatic rings. The van der Waals surface area contributed by atoms with Gasteiger partial charge >= 0.3 is 0 Å². The van der Waals surface area contributed by atoms with Crippen LogP contribution in [0.25, 0.3) is 0 Å². The number of nitrogens with zero attached hydrogens (tertiary/aromatic N) is 1. The smallest absolute Gasteiger partial charge is 0.123 e. The van der Waals surface area contributed by atoms with Crippen molar-refractivity contribution in [1.82, 2.24) is 4.98 Å². The van der Waals surface area contributed by atoms with E-state index in [0.29, 0.717) is 11.8 Å². The summed E-state index contributed by atoms with van der Waals surface area (Å²) < 4.78 is 13.3. The molecular formula is C23H32FNO. The lowest BCUT2D eigenvalue weighted by Crippen LogP contribution is -2.41. The minimum absolute atomic E-state index is 0.0735. The van der Waals surface area contributed by atoms with Crippen molar-refractivity contribution in [1.29, 1.82) is 0 Å². The van der Waals surface area contributed by atoms with Crippen LogP contribution in [-0.2, 0) is 5.41 Å². The van der Waals surface area contributed by atoms with E-state index in [0.717, 1.165) is 12.0 Å². The molecule has 0 aliphatic rings. The van der Waals surface area contributed by atoms with E-state index in [1.165, 1.54) is 17.7 Å². The molecule has 2 rings (SSSR count). The molecule has 0 fully saturated rings. The van der Waals surface area contributed by atoms with Crippen LogP contribution in [0.15, 0.2) is 48.8 Å². The fraction of sp³-hybridized carbons (Fsp3) is 0.522. The zero-order valence-electron chi connectivity index (χ0n) is 16.6. The molecule has 1 aromatic carbocycles. The summed E-state index contributed by atoms with van der Waals surface area (Å²) in [5, 5.41) is 10.2. The molecule has 142 valence electrons. The van der Waals surface area contributed by atoms with Crippen LogP contribution < -0.4 is 0 Å². The Balaban J connectivity index is 2.40. The molecule has 2 unspecified atom stereocenters. The Hall–Kier alpha value is -1.74. The van der Waals surface area contributed by atoms with Crippen LogP contribution in [0.3, 0.4) is 0 Å². The fourth-order valence-corrected chi connectivity index (χ4v) is 4.43. The molecule has 0 bridgehead atoms. The van der Waals surface area contributed by atoms with Crippen molar-refractivity contribution in [2.75, 3.05) is 6.61 Å². The molecule has 2 nitrogen and oxygen atoms in total. The topological polar surface area (TPSA) is 33.1 Å². The van der Waals surface area contributed by atoms with E-state index in [-0.39, 0.29) is 29.7 Å². The number of halogens is 1. The van der Waals surface area contributed by atoms with E-state index in [1.807, 2.05) is 24.4 Å². The number of hydrogen-bond donors (Lipinski definition) is 1. The average molecular weight is 358 g/mol. The third-order valence-electron chi connectivity index (χ3n) is 6.20. The Bertz CT molecular complexity index is 658. The van der Waals surface area contributed by atoms with Gasteiger partial charge in [0.05, 0.1) is 0 Å². The minimum atomic E-state index is -0.226. The molecule has 3 heteroatoms. The Kier molecular flexibility index (Phi) is 6.94. The van der Waals surface area contributed by atoms with Crippen LogP contribution >= 0.6 is 0 Å². The second-order valence-corrected chi connectivity index (χ2v) is 8.08. The van der Waals surface area contributed by atoms with Gasteiger partial charge in [0.2, 0.25) is 0 Å². The molecule has 26 heavy (non-hydrogen) atoms. The van der Waals surface area contributed by atoms with Crippen LogP contribution in [0.2, 0.25) is 0 Å². The normalized spacial score (nSPS) is 14.7. The van der Waals surface area contributed by atoms with Gasteiger partial charge in [-0.2, -0.15) is 0 Å². The van der Waals surface area contributed by atoms with Crippen LogP contribution in [0.5, 0.6) is 0 Å². The summed E-state index contributed by atoms with van der Waals surface area (Å²) in [6, 6.07) is 10.8. The monoisotopic (exact) mass is 357 g/mol. The number of hydrogen-bond acceptors (Lipinski definition) is 2. The van der Waals surface area contributed by atoms with Crippen molar-refractivity contribution in [2.24, 2.45) is 17.8 Å². The van der Waals surface area contributed by atoms with E-state index in [2.05, 4.69) is 45.7 Å². The van der Waals surface area contributed by atoms with Gasteiger partial charge in [0, 0.05) is 24.4 Å². The van der Waals surface area contributed by atoms with Gasteiger partial charge in [-0.15, -0.1) is 0 Å². The van der Waals surface area contributed by atoms with Crippen LogP contribution in [0.1, 0.15) is 58.1 Å². The van der Waals surface area contributed by atoms with Crippen molar-refractivity contribution in [3.63, 3.8) is 0 Å². The summed E-state index contributed by atoms with van der Waals surface area (Å²) in [5.74, 6) is 0.817. The molecule has 0 radical (unpaired) electrons. The molecular weight excluding hydrogens is 325 g/mol. The molecule has 1 N–H and O–H groups in total. The predicted octanol–water partition coefficient (Wildman–Crippen LogP) is 5.57. The summed E-state index contributed by atoms with van der Waals surface area (Å²) in [5.41, 5.74) is 2.23. The highest BCUT2D eigenvalue weighted by atomic mass is 19.1. The lowest BCUT2D eigenvalue weighted by molar-refractivity contribution is 0.116. The molecule has 1 aromatic heterocycles. The maximum atomic E-state index is 13.3. The second-order valence-electron chi connectivity index (χ2n) is 8.08. The van der Waals surface area contributed by atoms with Gasteiger partial charge in [-0.3, -0.25) is 4.98 Å². The maximum absolute atomic E-state index is 13.3. The first-order chi connectivity index (χ1) is 12.3. The number of rotatable bonds is 8. The minimum Gasteiger partial charge on any atom is -0.396 e. The molecule has 0 aliphatic carbocycles. The highest BCUT2D eigenvalue weighted by Crippen LogP contribution is 2.46. The average Bonchev–Trinajstić information content (AvgIpc) is 2.63. The van der Waals surface area contributed by atoms with E-state index in [9.17, 15) is 9.50 Å². The number of aliphatic hydroxyl groups is 1. The van der Waals surface area contributed by atoms with E-state index in [1.54, 1.807) is 6.20 Å². The number of aliphatic hydroxyl groups excluding tert-OH is 1. The Morgan fingerprint density at radius 3 is 2.08 bits per heavy atom. The Morgan fingerprint density at radius 2 is 1.62 bits per heavy atom. The van der Waals surface area contributed by atoms with Gasteiger partial charge in [-0.1, -0.05) is 52.8 Å². The van der Waals surface area contributed by atoms with Crippen molar-refractivity contribution < 1.29 is 9.50 Å². The van der Waals surface area contributed by atoms with Gasteiger partial charge in [0.15, 0.2) is 0 Å². The van der Waals surface area contributed by atoms with Crippen LogP contribution in [-0.4, -0.2) is 16.7 Å². The largest absolute Gasteiger partial charge is 0.396 e. The quantitative estimate of drug-likeness (QED) is 0.670. The second kappa shape index (κ2) is 8.77. The van der Waals surface area contributed by atoms with Gasteiger partial charge in [0.1, 0.15) is 5.82 Å². The fourth-order valence-electron chi connectivity index (χ4n) is 4.43. The lowest BCUT2D eigenvalue weighted by atomic mass is 9.59. The van der Waals surface area contributed by atoms with E-state index in [4.69, 9.17) is 0 Å². The first kappa shape index (κ1) is 20.6. The number of aromatic nitrogens is 1. The van der Waals surface area contributed by atoms with Crippen molar-refractivity contribution in [2.45, 2.75) is 52.4 Å². The molecule has 0 saturated carbocycles. The maximum Gasteiger partial charge on any atom is 0.123 e. The molecule has 0 aliphatic heterocycles. The van der Waals surface area contributed by atoms with Crippen molar-refractivity contribution >= 4 is 0 Å². The van der Waals surface area contributed by atoms with Gasteiger partial charge in [-0.25, -0.2) is 4.39 Å². The summed E-state index contributed by atoms with van der Waals surface area (Å²) in [6.07, 6.45) is 4.64. The van der Waals surface area contributed by atoms with Crippen molar-refractivity contribution in [3.8, 4) is 0 Å². The SMILES string of the molecule is CC(c1ccc(F)cc1)C(CO)CC(c1cccnc1)(C(C)C)C(C)C. The van der Waals surface area contributed by atoms with Gasteiger partial charge < -0.3 is 5.11 Å². The molecule has 0 spiro atoms. The molecule has 2 atom stereocenters. The molecule has 0 saturated heterocycles. The predicted molar refractivity (Wildman–Crippen MR) is 106 cm³/mol. The number of benzene rings is 1. The zero-order chi connectivity index (χ0) is 19.3. The lowest BCUT2D eigenvalue weighted by Gasteiger charge is -2.45. The number of pyridine rings is 1. The first-order valence-electron chi connectivity index (χ1n) is 9.59. The third-order valence-corrected chi connectivity index (χ3v) is 6.20. The zero-order valence-corrected chi connectivity index (χ0v) is 16.6. The summed E-state index contributed by atoms with van der Waals surface area (Å²) >= 11 is 0. The van der Waals surface area contributed by atoms with Gasteiger partial charge in [-0.05, 0) is 59.4 Å². The highest BCUT2D eigenvalue weighted by molar-refractivity contribution is 5.26. The van der Waals surface area contributed by atoms with E-state index < -0.39 is 0 Å². The summed E-state index contributed by atoms with van der Waals surface area (Å²) in [4.78, 5) is 4.36. The third kappa shape index (κ3) is 4.15. The van der Waals surface area contributed by atoms with Crippen LogP contribution in [0.4, 0.5) is 4.39 Å². The highest BCUT2D eigenvalue weighted by Gasteiger charge is 2.41. The Labute approximate surface area is 157 Å².